The molecule has 20 heavy (non-hydrogen) atoms. The number of piperidine rings is 1. The van der Waals surface area contributed by atoms with E-state index in [-0.39, 0.29) is 11.1 Å². The normalized spacial score (nSPS) is 22.9. The van der Waals surface area contributed by atoms with E-state index in [2.05, 4.69) is 44.9 Å². The highest BCUT2D eigenvalue weighted by Crippen LogP contribution is 2.39. The van der Waals surface area contributed by atoms with Crippen LogP contribution in [-0.2, 0) is 16.2 Å². The van der Waals surface area contributed by atoms with Crippen molar-refractivity contribution >= 4 is 0 Å². The molecule has 0 spiro atoms. The maximum Gasteiger partial charge on any atom is 0.0936 e. The molecule has 0 radical (unpaired) electrons. The number of ether oxygens (including phenoxy) is 1. The van der Waals surface area contributed by atoms with Gasteiger partial charge in [-0.1, -0.05) is 30.3 Å². The molecule has 0 bridgehead atoms. The Morgan fingerprint density at radius 1 is 1.05 bits per heavy atom. The van der Waals surface area contributed by atoms with Gasteiger partial charge < -0.3 is 4.74 Å². The van der Waals surface area contributed by atoms with Gasteiger partial charge in [-0.05, 0) is 46.1 Å². The molecule has 1 aromatic rings. The summed E-state index contributed by atoms with van der Waals surface area (Å²) in [6, 6.07) is 10.3. The molecule has 2 rings (SSSR count). The monoisotopic (exact) mass is 277 g/mol. The van der Waals surface area contributed by atoms with Crippen LogP contribution in [0, 0.1) is 0 Å². The zero-order chi connectivity index (χ0) is 14.8. The van der Waals surface area contributed by atoms with Crippen LogP contribution in [0.25, 0.3) is 0 Å². The molecule has 0 saturated carbocycles. The zero-order valence-electron chi connectivity index (χ0n) is 13.3. The molecule has 1 aliphatic heterocycles. The van der Waals surface area contributed by atoms with Gasteiger partial charge in [-0.2, -0.15) is 5.06 Å². The summed E-state index contributed by atoms with van der Waals surface area (Å²) >= 11 is 0. The summed E-state index contributed by atoms with van der Waals surface area (Å²) < 4.78 is 5.59. The van der Waals surface area contributed by atoms with Crippen LogP contribution in [0.15, 0.2) is 30.3 Å². The third-order valence-corrected chi connectivity index (χ3v) is 4.09. The molecular weight excluding hydrogens is 250 g/mol. The molecule has 112 valence electrons. The van der Waals surface area contributed by atoms with Crippen molar-refractivity contribution in [1.82, 2.24) is 5.06 Å². The van der Waals surface area contributed by atoms with Crippen LogP contribution in [0.1, 0.15) is 46.1 Å². The second-order valence-corrected chi connectivity index (χ2v) is 6.94. The van der Waals surface area contributed by atoms with E-state index in [1.807, 2.05) is 18.2 Å². The lowest BCUT2D eigenvalue weighted by Crippen LogP contribution is -2.61. The quantitative estimate of drug-likeness (QED) is 0.836. The van der Waals surface area contributed by atoms with Crippen molar-refractivity contribution in [3.8, 4) is 0 Å². The fourth-order valence-corrected chi connectivity index (χ4v) is 3.40. The summed E-state index contributed by atoms with van der Waals surface area (Å²) in [5.74, 6) is 0. The molecule has 0 aliphatic carbocycles. The number of hydroxylamine groups is 2. The number of hydrogen-bond donors (Lipinski definition) is 0. The summed E-state index contributed by atoms with van der Waals surface area (Å²) in [7, 11) is 1.80. The maximum absolute atomic E-state index is 6.17. The number of benzene rings is 1. The van der Waals surface area contributed by atoms with Gasteiger partial charge in [0.05, 0.1) is 12.7 Å². The Bertz CT molecular complexity index is 410. The molecule has 0 atom stereocenters. The fraction of sp³-hybridized carbons (Fsp3) is 0.647. The average Bonchev–Trinajstić information content (AvgIpc) is 2.37. The van der Waals surface area contributed by atoms with E-state index in [1.54, 1.807) is 7.11 Å². The summed E-state index contributed by atoms with van der Waals surface area (Å²) in [5, 5.41) is 2.17. The van der Waals surface area contributed by atoms with Crippen molar-refractivity contribution < 1.29 is 9.57 Å². The van der Waals surface area contributed by atoms with Crippen molar-refractivity contribution in [3.63, 3.8) is 0 Å². The highest BCUT2D eigenvalue weighted by atomic mass is 16.7. The van der Waals surface area contributed by atoms with Crippen LogP contribution in [0.2, 0.25) is 0 Å². The average molecular weight is 277 g/mol. The highest BCUT2D eigenvalue weighted by molar-refractivity contribution is 5.13. The first-order chi connectivity index (χ1) is 9.35. The first-order valence-corrected chi connectivity index (χ1v) is 7.35. The first-order valence-electron chi connectivity index (χ1n) is 7.35. The topological polar surface area (TPSA) is 21.7 Å². The summed E-state index contributed by atoms with van der Waals surface area (Å²) in [6.07, 6.45) is 2.28. The van der Waals surface area contributed by atoms with Gasteiger partial charge in [-0.3, -0.25) is 4.84 Å². The second kappa shape index (κ2) is 5.84. The Kier molecular flexibility index (Phi) is 4.52. The SMILES string of the molecule is COC1CC(C)(C)N(OCc2ccccc2)C(C)(C)C1. The molecule has 0 aromatic heterocycles. The lowest BCUT2D eigenvalue weighted by molar-refractivity contribution is -0.300. The van der Waals surface area contributed by atoms with Crippen LogP contribution >= 0.6 is 0 Å². The van der Waals surface area contributed by atoms with Gasteiger partial charge in [0, 0.05) is 18.2 Å². The van der Waals surface area contributed by atoms with E-state index in [0.717, 1.165) is 12.8 Å². The number of methoxy groups -OCH3 is 1. The van der Waals surface area contributed by atoms with Crippen LogP contribution in [-0.4, -0.2) is 29.4 Å². The van der Waals surface area contributed by atoms with Crippen LogP contribution in [0.4, 0.5) is 0 Å². The lowest BCUT2D eigenvalue weighted by atomic mass is 9.80. The molecule has 3 heteroatoms. The number of hydrogen-bond acceptors (Lipinski definition) is 3. The molecule has 1 aliphatic rings. The summed E-state index contributed by atoms with van der Waals surface area (Å²) in [5.41, 5.74) is 1.14. The molecule has 1 fully saturated rings. The molecule has 0 amide bonds. The smallest absolute Gasteiger partial charge is 0.0936 e. The Morgan fingerprint density at radius 2 is 1.60 bits per heavy atom. The molecule has 1 aromatic carbocycles. The lowest BCUT2D eigenvalue weighted by Gasteiger charge is -2.53. The van der Waals surface area contributed by atoms with Crippen molar-refractivity contribution in [3.05, 3.63) is 35.9 Å². The minimum absolute atomic E-state index is 0.0305. The Balaban J connectivity index is 2.08. The van der Waals surface area contributed by atoms with Gasteiger partial charge >= 0.3 is 0 Å². The molecule has 0 unspecified atom stereocenters. The van der Waals surface area contributed by atoms with Crippen molar-refractivity contribution in [1.29, 1.82) is 0 Å². The number of rotatable bonds is 4. The van der Waals surface area contributed by atoms with E-state index < -0.39 is 0 Å². The van der Waals surface area contributed by atoms with Gasteiger partial charge in [0.2, 0.25) is 0 Å². The minimum Gasteiger partial charge on any atom is -0.381 e. The Labute approximate surface area is 122 Å². The van der Waals surface area contributed by atoms with Crippen molar-refractivity contribution in [2.24, 2.45) is 0 Å². The predicted molar refractivity (Wildman–Crippen MR) is 81.3 cm³/mol. The van der Waals surface area contributed by atoms with Crippen molar-refractivity contribution in [2.75, 3.05) is 7.11 Å². The Hall–Kier alpha value is -0.900. The molecule has 0 N–H and O–H groups in total. The third-order valence-electron chi connectivity index (χ3n) is 4.09. The second-order valence-electron chi connectivity index (χ2n) is 6.94. The maximum atomic E-state index is 6.17. The largest absolute Gasteiger partial charge is 0.381 e. The van der Waals surface area contributed by atoms with E-state index >= 15 is 0 Å². The van der Waals surface area contributed by atoms with E-state index in [9.17, 15) is 0 Å². The van der Waals surface area contributed by atoms with Crippen LogP contribution < -0.4 is 0 Å². The third kappa shape index (κ3) is 3.40. The van der Waals surface area contributed by atoms with Gasteiger partial charge in [-0.15, -0.1) is 0 Å². The van der Waals surface area contributed by atoms with Crippen LogP contribution in [0.3, 0.4) is 0 Å². The molecule has 3 nitrogen and oxygen atoms in total. The first kappa shape index (κ1) is 15.5. The number of nitrogens with zero attached hydrogens (tertiary/aromatic N) is 1. The summed E-state index contributed by atoms with van der Waals surface area (Å²) in [4.78, 5) is 6.17. The molecule has 1 heterocycles. The van der Waals surface area contributed by atoms with Gasteiger partial charge in [0.1, 0.15) is 0 Å². The predicted octanol–water partition coefficient (Wildman–Crippen LogP) is 3.79. The minimum atomic E-state index is -0.0305. The van der Waals surface area contributed by atoms with Gasteiger partial charge in [0.15, 0.2) is 0 Å². The van der Waals surface area contributed by atoms with E-state index in [4.69, 9.17) is 9.57 Å². The van der Waals surface area contributed by atoms with Crippen molar-refractivity contribution in [2.45, 2.75) is 64.3 Å². The molecule has 1 saturated heterocycles. The van der Waals surface area contributed by atoms with Crippen LogP contribution in [0.5, 0.6) is 0 Å². The zero-order valence-corrected chi connectivity index (χ0v) is 13.3. The fourth-order valence-electron chi connectivity index (χ4n) is 3.40. The standard InChI is InChI=1S/C17H27NO2/c1-16(2)11-15(19-5)12-17(3,4)18(16)20-13-14-9-7-6-8-10-14/h6-10,15H,11-13H2,1-5H3. The van der Waals surface area contributed by atoms with E-state index in [1.165, 1.54) is 5.56 Å². The highest BCUT2D eigenvalue weighted by Gasteiger charge is 2.46. The van der Waals surface area contributed by atoms with Gasteiger partial charge in [-0.25, -0.2) is 0 Å². The molecular formula is C17H27NO2. The van der Waals surface area contributed by atoms with Gasteiger partial charge in [0.25, 0.3) is 0 Å². The summed E-state index contributed by atoms with van der Waals surface area (Å²) in [6.45, 7) is 9.52. The van der Waals surface area contributed by atoms with E-state index in [0.29, 0.717) is 12.7 Å². The Morgan fingerprint density at radius 3 is 2.10 bits per heavy atom.